The Morgan fingerprint density at radius 2 is 1.56 bits per heavy atom. The summed E-state index contributed by atoms with van der Waals surface area (Å²) in [5.41, 5.74) is 4.13. The highest BCUT2D eigenvalue weighted by Crippen LogP contribution is 2.44. The van der Waals surface area contributed by atoms with Gasteiger partial charge in [0.1, 0.15) is 12.6 Å². The minimum Gasteiger partial charge on any atom is -0.481 e. The fourth-order valence-electron chi connectivity index (χ4n) is 4.29. The Bertz CT molecular complexity index is 1000. The number of hydrogen-bond acceptors (Lipinski definition) is 5. The molecule has 2 aromatic carbocycles. The van der Waals surface area contributed by atoms with Crippen LogP contribution in [0.2, 0.25) is 0 Å². The van der Waals surface area contributed by atoms with Gasteiger partial charge in [0.25, 0.3) is 0 Å². The fraction of sp³-hybridized carbons (Fsp3) is 0.423. The predicted octanol–water partition coefficient (Wildman–Crippen LogP) is 3.28. The molecule has 0 saturated carbocycles. The van der Waals surface area contributed by atoms with E-state index < -0.39 is 36.5 Å². The summed E-state index contributed by atoms with van der Waals surface area (Å²) in [6.45, 7) is 5.89. The smallest absolute Gasteiger partial charge is 0.407 e. The lowest BCUT2D eigenvalue weighted by Crippen LogP contribution is -2.49. The molecular formula is C26H32N2O6. The predicted molar refractivity (Wildman–Crippen MR) is 127 cm³/mol. The average Bonchev–Trinajstić information content (AvgIpc) is 3.08. The van der Waals surface area contributed by atoms with Gasteiger partial charge in [-0.25, -0.2) is 4.79 Å². The minimum absolute atomic E-state index is 0.0431. The summed E-state index contributed by atoms with van der Waals surface area (Å²) >= 11 is 0. The second-order valence-electron chi connectivity index (χ2n) is 9.78. The summed E-state index contributed by atoms with van der Waals surface area (Å²) in [7, 11) is 0. The standard InChI is InChI=1S/C26H32N2O6/c1-26(2,3)13-16(29)14-27-24(32)22(12-23(30)31)28-25(33)34-15-21-19-10-6-4-8-17(19)18-9-5-7-11-20(18)21/h4-11,16,21-22,29H,12-15H2,1-3H3,(H,27,32)(H,28,33)(H,30,31). The maximum absolute atomic E-state index is 12.5. The van der Waals surface area contributed by atoms with E-state index in [4.69, 9.17) is 4.74 Å². The molecule has 0 spiro atoms. The van der Waals surface area contributed by atoms with Gasteiger partial charge in [-0.05, 0) is 34.1 Å². The first kappa shape index (κ1) is 25.2. The molecular weight excluding hydrogens is 436 g/mol. The normalized spacial score (nSPS) is 14.5. The third-order valence-electron chi connectivity index (χ3n) is 5.69. The number of carbonyl (C=O) groups excluding carboxylic acids is 2. The number of alkyl carbamates (subject to hydrolysis) is 1. The second kappa shape index (κ2) is 10.7. The van der Waals surface area contributed by atoms with Gasteiger partial charge in [0.05, 0.1) is 12.5 Å². The first-order chi connectivity index (χ1) is 16.0. The molecule has 4 N–H and O–H groups in total. The van der Waals surface area contributed by atoms with Crippen molar-refractivity contribution in [2.75, 3.05) is 13.2 Å². The lowest BCUT2D eigenvalue weighted by Gasteiger charge is -2.23. The van der Waals surface area contributed by atoms with Gasteiger partial charge >= 0.3 is 12.1 Å². The molecule has 2 amide bonds. The molecule has 0 saturated heterocycles. The number of fused-ring (bicyclic) bond motifs is 3. The number of nitrogens with one attached hydrogen (secondary N) is 2. The van der Waals surface area contributed by atoms with Gasteiger partial charge in [-0.15, -0.1) is 0 Å². The minimum atomic E-state index is -1.32. The number of aliphatic hydroxyl groups is 1. The van der Waals surface area contributed by atoms with E-state index in [1.165, 1.54) is 0 Å². The third-order valence-corrected chi connectivity index (χ3v) is 5.69. The van der Waals surface area contributed by atoms with Crippen LogP contribution in [0.25, 0.3) is 11.1 Å². The number of carboxylic acid groups (broad SMARTS) is 1. The topological polar surface area (TPSA) is 125 Å². The van der Waals surface area contributed by atoms with E-state index >= 15 is 0 Å². The number of ether oxygens (including phenoxy) is 1. The summed E-state index contributed by atoms with van der Waals surface area (Å²) in [5.74, 6) is -2.09. The largest absolute Gasteiger partial charge is 0.481 e. The van der Waals surface area contributed by atoms with Crippen molar-refractivity contribution >= 4 is 18.0 Å². The fourth-order valence-corrected chi connectivity index (χ4v) is 4.29. The van der Waals surface area contributed by atoms with Gasteiger partial charge in [-0.1, -0.05) is 69.3 Å². The summed E-state index contributed by atoms with van der Waals surface area (Å²) in [4.78, 5) is 36.2. The lowest BCUT2D eigenvalue weighted by molar-refractivity contribution is -0.139. The van der Waals surface area contributed by atoms with E-state index in [2.05, 4.69) is 10.6 Å². The molecule has 1 aliphatic rings. The molecule has 0 aromatic heterocycles. The Morgan fingerprint density at radius 1 is 1.00 bits per heavy atom. The molecule has 8 heteroatoms. The van der Waals surface area contributed by atoms with Crippen molar-refractivity contribution < 1.29 is 29.3 Å². The Labute approximate surface area is 199 Å². The van der Waals surface area contributed by atoms with Gasteiger partial charge in [0.15, 0.2) is 0 Å². The molecule has 0 bridgehead atoms. The number of carbonyl (C=O) groups is 3. The van der Waals surface area contributed by atoms with E-state index in [-0.39, 0.29) is 24.5 Å². The van der Waals surface area contributed by atoms with Crippen LogP contribution in [0, 0.1) is 5.41 Å². The molecule has 1 aliphatic carbocycles. The summed E-state index contributed by atoms with van der Waals surface area (Å²) < 4.78 is 5.42. The number of benzene rings is 2. The van der Waals surface area contributed by atoms with Crippen molar-refractivity contribution in [3.8, 4) is 11.1 Å². The van der Waals surface area contributed by atoms with Crippen LogP contribution in [0.5, 0.6) is 0 Å². The van der Waals surface area contributed by atoms with Crippen LogP contribution < -0.4 is 10.6 Å². The molecule has 182 valence electrons. The molecule has 3 rings (SSSR count). The second-order valence-corrected chi connectivity index (χ2v) is 9.78. The van der Waals surface area contributed by atoms with Crippen molar-refractivity contribution in [3.05, 3.63) is 59.7 Å². The van der Waals surface area contributed by atoms with Crippen LogP contribution >= 0.6 is 0 Å². The summed E-state index contributed by atoms with van der Waals surface area (Å²) in [5, 5.41) is 24.2. The molecule has 2 atom stereocenters. The molecule has 0 radical (unpaired) electrons. The van der Waals surface area contributed by atoms with E-state index in [1.807, 2.05) is 69.3 Å². The highest BCUT2D eigenvalue weighted by molar-refractivity contribution is 5.89. The van der Waals surface area contributed by atoms with Crippen LogP contribution in [0.4, 0.5) is 4.79 Å². The van der Waals surface area contributed by atoms with Crippen LogP contribution in [-0.2, 0) is 14.3 Å². The van der Waals surface area contributed by atoms with Crippen molar-refractivity contribution in [3.63, 3.8) is 0 Å². The first-order valence-corrected chi connectivity index (χ1v) is 11.3. The van der Waals surface area contributed by atoms with Crippen LogP contribution in [0.15, 0.2) is 48.5 Å². The summed E-state index contributed by atoms with van der Waals surface area (Å²) in [6, 6.07) is 14.5. The molecule has 2 unspecified atom stereocenters. The first-order valence-electron chi connectivity index (χ1n) is 11.3. The molecule has 34 heavy (non-hydrogen) atoms. The molecule has 8 nitrogen and oxygen atoms in total. The lowest BCUT2D eigenvalue weighted by atomic mass is 9.89. The monoisotopic (exact) mass is 468 g/mol. The third kappa shape index (κ3) is 6.57. The number of rotatable bonds is 9. The van der Waals surface area contributed by atoms with Crippen molar-refractivity contribution in [2.45, 2.75) is 51.7 Å². The highest BCUT2D eigenvalue weighted by atomic mass is 16.5. The zero-order chi connectivity index (χ0) is 24.9. The SMILES string of the molecule is CC(C)(C)CC(O)CNC(=O)C(CC(=O)O)NC(=O)OCC1c2ccccc2-c2ccccc21. The Balaban J connectivity index is 1.60. The number of amides is 2. The maximum atomic E-state index is 12.5. The quantitative estimate of drug-likeness (QED) is 0.448. The maximum Gasteiger partial charge on any atom is 0.407 e. The molecule has 0 heterocycles. The highest BCUT2D eigenvalue weighted by Gasteiger charge is 2.30. The molecule has 0 fully saturated rings. The molecule has 2 aromatic rings. The van der Waals surface area contributed by atoms with Crippen LogP contribution in [0.3, 0.4) is 0 Å². The van der Waals surface area contributed by atoms with Gasteiger partial charge in [0.2, 0.25) is 5.91 Å². The van der Waals surface area contributed by atoms with Gasteiger partial charge in [0, 0.05) is 12.5 Å². The molecule has 0 aliphatic heterocycles. The summed E-state index contributed by atoms with van der Waals surface area (Å²) in [6.07, 6.45) is -1.82. The number of carboxylic acids is 1. The number of aliphatic hydroxyl groups excluding tert-OH is 1. The van der Waals surface area contributed by atoms with Gasteiger partial charge in [-0.2, -0.15) is 0 Å². The van der Waals surface area contributed by atoms with Crippen molar-refractivity contribution in [1.29, 1.82) is 0 Å². The number of aliphatic carboxylic acids is 1. The van der Waals surface area contributed by atoms with E-state index in [0.717, 1.165) is 22.3 Å². The Kier molecular flexibility index (Phi) is 7.94. The number of hydrogen-bond donors (Lipinski definition) is 4. The van der Waals surface area contributed by atoms with Crippen LogP contribution in [-0.4, -0.2) is 53.5 Å². The van der Waals surface area contributed by atoms with E-state index in [1.54, 1.807) is 0 Å². The van der Waals surface area contributed by atoms with Crippen molar-refractivity contribution in [1.82, 2.24) is 10.6 Å². The zero-order valence-corrected chi connectivity index (χ0v) is 19.7. The average molecular weight is 469 g/mol. The van der Waals surface area contributed by atoms with Crippen molar-refractivity contribution in [2.24, 2.45) is 5.41 Å². The Hall–Kier alpha value is -3.39. The Morgan fingerprint density at radius 3 is 2.09 bits per heavy atom. The van der Waals surface area contributed by atoms with E-state index in [0.29, 0.717) is 6.42 Å². The van der Waals surface area contributed by atoms with E-state index in [9.17, 15) is 24.6 Å². The van der Waals surface area contributed by atoms with Crippen LogP contribution in [0.1, 0.15) is 50.7 Å². The van der Waals surface area contributed by atoms with Gasteiger partial charge < -0.3 is 25.6 Å². The van der Waals surface area contributed by atoms with Gasteiger partial charge in [-0.3, -0.25) is 9.59 Å². The zero-order valence-electron chi connectivity index (χ0n) is 19.7.